The molecule has 24 heavy (non-hydrogen) atoms. The molecule has 130 valence electrons. The fraction of sp³-hybridized carbons (Fsp3) is 0.474. The van der Waals surface area contributed by atoms with Crippen molar-refractivity contribution in [3.8, 4) is 5.75 Å². The molecule has 1 heterocycles. The largest absolute Gasteiger partial charge is 0.491 e. The minimum Gasteiger partial charge on any atom is -0.491 e. The van der Waals surface area contributed by atoms with Gasteiger partial charge in [0.05, 0.1) is 17.7 Å². The van der Waals surface area contributed by atoms with Crippen molar-refractivity contribution in [3.05, 3.63) is 46.8 Å². The molecule has 0 bridgehead atoms. The highest BCUT2D eigenvalue weighted by atomic mass is 16.5. The number of hydrogen-bond acceptors (Lipinski definition) is 4. The highest BCUT2D eigenvalue weighted by Crippen LogP contribution is 2.27. The number of hydrogen-bond donors (Lipinski definition) is 1. The summed E-state index contributed by atoms with van der Waals surface area (Å²) in [5, 5.41) is 6.98. The number of para-hydroxylation sites is 1. The molecule has 0 aliphatic carbocycles. The summed E-state index contributed by atoms with van der Waals surface area (Å²) in [5.41, 5.74) is 2.63. The first-order valence-electron chi connectivity index (χ1n) is 8.39. The van der Waals surface area contributed by atoms with Gasteiger partial charge in [0.1, 0.15) is 11.5 Å². The van der Waals surface area contributed by atoms with Gasteiger partial charge in [-0.15, -0.1) is 0 Å². The lowest BCUT2D eigenvalue weighted by Crippen LogP contribution is -2.29. The topological polar surface area (TPSA) is 64.4 Å². The SMILES string of the molecule is CC[C@@H](C(=O)NCc1ccccc1OC(C)C)c1c(C)noc1C. The second kappa shape index (κ2) is 7.99. The van der Waals surface area contributed by atoms with Crippen LogP contribution in [-0.4, -0.2) is 17.2 Å². The maximum atomic E-state index is 12.7. The Hall–Kier alpha value is -2.30. The van der Waals surface area contributed by atoms with Crippen molar-refractivity contribution >= 4 is 5.91 Å². The minimum atomic E-state index is -0.255. The third kappa shape index (κ3) is 4.16. The molecular weight excluding hydrogens is 304 g/mol. The van der Waals surface area contributed by atoms with Crippen molar-refractivity contribution in [1.82, 2.24) is 10.5 Å². The number of amides is 1. The van der Waals surface area contributed by atoms with E-state index in [9.17, 15) is 4.79 Å². The average Bonchev–Trinajstić information content (AvgIpc) is 2.87. The van der Waals surface area contributed by atoms with Gasteiger partial charge in [0.15, 0.2) is 0 Å². The van der Waals surface area contributed by atoms with Crippen LogP contribution < -0.4 is 10.1 Å². The molecule has 2 aromatic rings. The molecule has 0 saturated carbocycles. The van der Waals surface area contributed by atoms with E-state index in [4.69, 9.17) is 9.26 Å². The molecule has 1 aromatic heterocycles. The standard InChI is InChI=1S/C19H26N2O3/c1-6-16(18-13(4)21-24-14(18)5)19(22)20-11-15-9-7-8-10-17(15)23-12(2)3/h7-10,12,16H,6,11H2,1-5H3,(H,20,22)/t16-/m1/s1. The zero-order valence-electron chi connectivity index (χ0n) is 15.1. The first-order chi connectivity index (χ1) is 11.4. The van der Waals surface area contributed by atoms with Crippen LogP contribution in [-0.2, 0) is 11.3 Å². The maximum absolute atomic E-state index is 12.7. The Labute approximate surface area is 143 Å². The summed E-state index contributed by atoms with van der Waals surface area (Å²) in [7, 11) is 0. The van der Waals surface area contributed by atoms with Crippen LogP contribution in [0, 0.1) is 13.8 Å². The quantitative estimate of drug-likeness (QED) is 0.836. The number of nitrogens with one attached hydrogen (secondary N) is 1. The number of carbonyl (C=O) groups is 1. The van der Waals surface area contributed by atoms with Gasteiger partial charge in [0.25, 0.3) is 0 Å². The Morgan fingerprint density at radius 3 is 2.58 bits per heavy atom. The van der Waals surface area contributed by atoms with Crippen molar-refractivity contribution in [3.63, 3.8) is 0 Å². The molecule has 1 aromatic carbocycles. The van der Waals surface area contributed by atoms with Crippen LogP contribution in [0.15, 0.2) is 28.8 Å². The Morgan fingerprint density at radius 2 is 2.00 bits per heavy atom. The van der Waals surface area contributed by atoms with Crippen molar-refractivity contribution in [2.45, 2.75) is 59.6 Å². The average molecular weight is 330 g/mol. The third-order valence-electron chi connectivity index (χ3n) is 3.95. The highest BCUT2D eigenvalue weighted by molar-refractivity contribution is 5.84. The molecule has 0 fully saturated rings. The number of rotatable bonds is 7. The lowest BCUT2D eigenvalue weighted by molar-refractivity contribution is -0.122. The van der Waals surface area contributed by atoms with E-state index < -0.39 is 0 Å². The van der Waals surface area contributed by atoms with Gasteiger partial charge in [0.2, 0.25) is 5.91 Å². The van der Waals surface area contributed by atoms with E-state index >= 15 is 0 Å². The van der Waals surface area contributed by atoms with Gasteiger partial charge in [0, 0.05) is 17.7 Å². The summed E-state index contributed by atoms with van der Waals surface area (Å²) in [6.07, 6.45) is 0.784. The van der Waals surface area contributed by atoms with Gasteiger partial charge in [-0.1, -0.05) is 30.3 Å². The van der Waals surface area contributed by atoms with E-state index in [1.54, 1.807) is 0 Å². The van der Waals surface area contributed by atoms with Gasteiger partial charge < -0.3 is 14.6 Å². The van der Waals surface area contributed by atoms with Crippen molar-refractivity contribution in [2.75, 3.05) is 0 Å². The molecule has 1 amide bonds. The van der Waals surface area contributed by atoms with E-state index in [0.29, 0.717) is 18.7 Å². The lowest BCUT2D eigenvalue weighted by atomic mass is 9.94. The van der Waals surface area contributed by atoms with E-state index in [2.05, 4.69) is 10.5 Å². The van der Waals surface area contributed by atoms with E-state index in [0.717, 1.165) is 22.6 Å². The molecule has 0 radical (unpaired) electrons. The zero-order chi connectivity index (χ0) is 17.7. The number of carbonyl (C=O) groups excluding carboxylic acids is 1. The highest BCUT2D eigenvalue weighted by Gasteiger charge is 2.25. The van der Waals surface area contributed by atoms with Gasteiger partial charge in [-0.3, -0.25) is 4.79 Å². The fourth-order valence-electron chi connectivity index (χ4n) is 2.83. The lowest BCUT2D eigenvalue weighted by Gasteiger charge is -2.17. The number of nitrogens with zero attached hydrogens (tertiary/aromatic N) is 1. The second-order valence-electron chi connectivity index (χ2n) is 6.19. The predicted octanol–water partition coefficient (Wildman–Crippen LogP) is 3.89. The molecule has 0 aliphatic heterocycles. The Bertz CT molecular complexity index is 672. The predicted molar refractivity (Wildman–Crippen MR) is 93.1 cm³/mol. The molecule has 5 nitrogen and oxygen atoms in total. The fourth-order valence-corrected chi connectivity index (χ4v) is 2.83. The molecule has 0 aliphatic rings. The summed E-state index contributed by atoms with van der Waals surface area (Å²) >= 11 is 0. The number of ether oxygens (including phenoxy) is 1. The van der Waals surface area contributed by atoms with Crippen LogP contribution in [0.25, 0.3) is 0 Å². The van der Waals surface area contributed by atoms with Crippen LogP contribution in [0.1, 0.15) is 55.7 Å². The van der Waals surface area contributed by atoms with E-state index in [1.807, 2.05) is 58.9 Å². The van der Waals surface area contributed by atoms with Crippen LogP contribution in [0.2, 0.25) is 0 Å². The van der Waals surface area contributed by atoms with Crippen LogP contribution in [0.5, 0.6) is 5.75 Å². The van der Waals surface area contributed by atoms with Gasteiger partial charge in [-0.05, 0) is 40.2 Å². The maximum Gasteiger partial charge on any atom is 0.228 e. The Kier molecular flexibility index (Phi) is 6.01. The smallest absolute Gasteiger partial charge is 0.228 e. The molecule has 1 N–H and O–H groups in total. The number of aromatic nitrogens is 1. The molecule has 2 rings (SSSR count). The Balaban J connectivity index is 2.10. The van der Waals surface area contributed by atoms with Crippen molar-refractivity contribution in [2.24, 2.45) is 0 Å². The molecule has 0 spiro atoms. The number of aryl methyl sites for hydroxylation is 2. The van der Waals surface area contributed by atoms with E-state index in [-0.39, 0.29) is 17.9 Å². The van der Waals surface area contributed by atoms with Crippen molar-refractivity contribution in [1.29, 1.82) is 0 Å². The summed E-state index contributed by atoms with van der Waals surface area (Å²) < 4.78 is 11.0. The third-order valence-corrected chi connectivity index (χ3v) is 3.95. The van der Waals surface area contributed by atoms with Crippen LogP contribution in [0.3, 0.4) is 0 Å². The molecule has 1 atom stereocenters. The molecular formula is C19H26N2O3. The monoisotopic (exact) mass is 330 g/mol. The normalized spacial score (nSPS) is 12.2. The van der Waals surface area contributed by atoms with Crippen molar-refractivity contribution < 1.29 is 14.1 Å². The molecule has 5 heteroatoms. The summed E-state index contributed by atoms with van der Waals surface area (Å²) in [6.45, 7) is 10.1. The summed E-state index contributed by atoms with van der Waals surface area (Å²) in [5.74, 6) is 1.23. The van der Waals surface area contributed by atoms with Gasteiger partial charge in [-0.25, -0.2) is 0 Å². The molecule has 0 unspecified atom stereocenters. The number of benzene rings is 1. The summed E-state index contributed by atoms with van der Waals surface area (Å²) in [6, 6.07) is 7.77. The minimum absolute atomic E-state index is 0.0220. The first kappa shape index (κ1) is 18.0. The molecule has 0 saturated heterocycles. The summed E-state index contributed by atoms with van der Waals surface area (Å²) in [4.78, 5) is 12.7. The van der Waals surface area contributed by atoms with Gasteiger partial charge >= 0.3 is 0 Å². The first-order valence-corrected chi connectivity index (χ1v) is 8.39. The zero-order valence-corrected chi connectivity index (χ0v) is 15.1. The van der Waals surface area contributed by atoms with Crippen LogP contribution >= 0.6 is 0 Å². The second-order valence-corrected chi connectivity index (χ2v) is 6.19. The Morgan fingerprint density at radius 1 is 1.29 bits per heavy atom. The van der Waals surface area contributed by atoms with Gasteiger partial charge in [-0.2, -0.15) is 0 Å². The van der Waals surface area contributed by atoms with Crippen LogP contribution in [0.4, 0.5) is 0 Å². The van der Waals surface area contributed by atoms with E-state index in [1.165, 1.54) is 0 Å².